The Labute approximate surface area is 148 Å². The quantitative estimate of drug-likeness (QED) is 0.667. The zero-order chi connectivity index (χ0) is 16.8. The smallest absolute Gasteiger partial charge is 0.244 e. The number of rotatable bonds is 5. The van der Waals surface area contributed by atoms with Crippen molar-refractivity contribution in [3.8, 4) is 0 Å². The zero-order valence-electron chi connectivity index (χ0n) is 12.7. The third-order valence-electron chi connectivity index (χ3n) is 3.40. The lowest BCUT2D eigenvalue weighted by Crippen LogP contribution is -2.28. The first-order valence-corrected chi connectivity index (χ1v) is 8.21. The number of halogens is 1. The average molecular weight is 383 g/mol. The number of carbonyl (C=O) groups excluding carboxylic acids is 1. The van der Waals surface area contributed by atoms with Gasteiger partial charge >= 0.3 is 0 Å². The van der Waals surface area contributed by atoms with Crippen LogP contribution >= 0.6 is 15.9 Å². The molecule has 1 unspecified atom stereocenters. The van der Waals surface area contributed by atoms with Crippen LogP contribution in [-0.4, -0.2) is 10.9 Å². The molecule has 0 radical (unpaired) electrons. The molecule has 4 nitrogen and oxygen atoms in total. The van der Waals surface area contributed by atoms with Crippen molar-refractivity contribution in [3.05, 3.63) is 94.6 Å². The Bertz CT molecular complexity index is 789. The summed E-state index contributed by atoms with van der Waals surface area (Å²) >= 11 is 3.23. The van der Waals surface area contributed by atoms with Crippen LogP contribution in [0.3, 0.4) is 0 Å². The molecule has 1 atom stereocenters. The Kier molecular flexibility index (Phi) is 5.23. The van der Waals surface area contributed by atoms with Crippen LogP contribution in [0.4, 0.5) is 0 Å². The number of furan rings is 1. The second-order valence-corrected chi connectivity index (χ2v) is 5.86. The van der Waals surface area contributed by atoms with Gasteiger partial charge in [-0.15, -0.1) is 0 Å². The molecule has 1 amide bonds. The fourth-order valence-corrected chi connectivity index (χ4v) is 2.61. The van der Waals surface area contributed by atoms with Crippen molar-refractivity contribution in [2.24, 2.45) is 0 Å². The molecule has 0 bridgehead atoms. The van der Waals surface area contributed by atoms with E-state index in [0.29, 0.717) is 10.4 Å². The molecule has 1 N–H and O–H groups in total. The van der Waals surface area contributed by atoms with Crippen LogP contribution in [0.2, 0.25) is 0 Å². The number of amides is 1. The summed E-state index contributed by atoms with van der Waals surface area (Å²) in [6.07, 6.45) is 4.79. The zero-order valence-corrected chi connectivity index (χ0v) is 14.3. The van der Waals surface area contributed by atoms with Crippen molar-refractivity contribution < 1.29 is 9.21 Å². The molecule has 120 valence electrons. The third kappa shape index (κ3) is 4.20. The van der Waals surface area contributed by atoms with Gasteiger partial charge in [0.15, 0.2) is 4.67 Å². The molecule has 0 saturated carbocycles. The molecular weight excluding hydrogens is 368 g/mol. The second-order valence-electron chi connectivity index (χ2n) is 5.08. The lowest BCUT2D eigenvalue weighted by atomic mass is 10.0. The van der Waals surface area contributed by atoms with Crippen molar-refractivity contribution in [2.45, 2.75) is 6.04 Å². The summed E-state index contributed by atoms with van der Waals surface area (Å²) in [6, 6.07) is 18.6. The summed E-state index contributed by atoms with van der Waals surface area (Å²) in [5.41, 5.74) is 1.75. The molecule has 0 saturated heterocycles. The van der Waals surface area contributed by atoms with Crippen LogP contribution < -0.4 is 5.32 Å². The molecular formula is C19H15BrN2O2. The summed E-state index contributed by atoms with van der Waals surface area (Å²) < 4.78 is 5.97. The third-order valence-corrected chi connectivity index (χ3v) is 3.82. The van der Waals surface area contributed by atoms with Gasteiger partial charge < -0.3 is 9.73 Å². The molecule has 1 aromatic carbocycles. The molecule has 24 heavy (non-hydrogen) atoms. The van der Waals surface area contributed by atoms with Gasteiger partial charge in [-0.05, 0) is 51.8 Å². The predicted octanol–water partition coefficient (Wildman–Crippen LogP) is 4.36. The largest absolute Gasteiger partial charge is 0.450 e. The lowest BCUT2D eigenvalue weighted by Gasteiger charge is -2.17. The van der Waals surface area contributed by atoms with Gasteiger partial charge in [-0.1, -0.05) is 36.4 Å². The Hall–Kier alpha value is -2.66. The number of nitrogens with one attached hydrogen (secondary N) is 1. The highest BCUT2D eigenvalue weighted by atomic mass is 79.9. The number of hydrogen-bond acceptors (Lipinski definition) is 3. The molecule has 2 aromatic heterocycles. The maximum Gasteiger partial charge on any atom is 0.244 e. The maximum absolute atomic E-state index is 12.3. The highest BCUT2D eigenvalue weighted by Crippen LogP contribution is 2.20. The van der Waals surface area contributed by atoms with E-state index < -0.39 is 0 Å². The number of hydrogen-bond donors (Lipinski definition) is 1. The predicted molar refractivity (Wildman–Crippen MR) is 96.1 cm³/mol. The minimum absolute atomic E-state index is 0.220. The fraction of sp³-hybridized carbons (Fsp3) is 0.0526. The first-order valence-electron chi connectivity index (χ1n) is 7.42. The van der Waals surface area contributed by atoms with E-state index >= 15 is 0 Å². The van der Waals surface area contributed by atoms with E-state index in [9.17, 15) is 4.79 Å². The molecule has 5 heteroatoms. The Morgan fingerprint density at radius 3 is 2.54 bits per heavy atom. The van der Waals surface area contributed by atoms with Gasteiger partial charge in [-0.2, -0.15) is 0 Å². The van der Waals surface area contributed by atoms with Crippen LogP contribution in [-0.2, 0) is 4.79 Å². The molecule has 0 aliphatic carbocycles. The number of aromatic nitrogens is 1. The van der Waals surface area contributed by atoms with E-state index in [2.05, 4.69) is 26.2 Å². The van der Waals surface area contributed by atoms with Crippen molar-refractivity contribution in [3.63, 3.8) is 0 Å². The summed E-state index contributed by atoms with van der Waals surface area (Å²) in [4.78, 5) is 16.7. The lowest BCUT2D eigenvalue weighted by molar-refractivity contribution is -0.116. The molecule has 2 heterocycles. The Balaban J connectivity index is 1.79. The summed E-state index contributed by atoms with van der Waals surface area (Å²) in [7, 11) is 0. The Morgan fingerprint density at radius 1 is 1.08 bits per heavy atom. The van der Waals surface area contributed by atoms with E-state index in [-0.39, 0.29) is 11.9 Å². The van der Waals surface area contributed by atoms with Gasteiger partial charge in [0, 0.05) is 12.3 Å². The van der Waals surface area contributed by atoms with Gasteiger partial charge in [-0.3, -0.25) is 9.78 Å². The van der Waals surface area contributed by atoms with E-state index in [4.69, 9.17) is 4.42 Å². The maximum atomic E-state index is 12.3. The molecule has 0 aliphatic heterocycles. The SMILES string of the molecule is O=C(/C=C/c1ccc(Br)o1)NC(c1ccccc1)c1ccccn1. The van der Waals surface area contributed by atoms with Gasteiger partial charge in [0.25, 0.3) is 0 Å². The van der Waals surface area contributed by atoms with E-state index in [1.165, 1.54) is 6.08 Å². The van der Waals surface area contributed by atoms with Gasteiger partial charge in [-0.25, -0.2) is 0 Å². The number of pyridine rings is 1. The standard InChI is InChI=1S/C19H15BrN2O2/c20-17-11-9-15(24-17)10-12-18(23)22-19(14-6-2-1-3-7-14)16-8-4-5-13-21-16/h1-13,19H,(H,22,23)/b12-10+. The normalized spacial score (nSPS) is 12.2. The molecule has 3 rings (SSSR count). The minimum Gasteiger partial charge on any atom is -0.450 e. The molecule has 0 fully saturated rings. The van der Waals surface area contributed by atoms with E-state index in [1.54, 1.807) is 24.4 Å². The number of carbonyl (C=O) groups is 1. The van der Waals surface area contributed by atoms with Gasteiger partial charge in [0.1, 0.15) is 5.76 Å². The van der Waals surface area contributed by atoms with Crippen LogP contribution in [0.25, 0.3) is 6.08 Å². The summed E-state index contributed by atoms with van der Waals surface area (Å²) in [5.74, 6) is 0.383. The summed E-state index contributed by atoms with van der Waals surface area (Å²) in [6.45, 7) is 0. The number of benzene rings is 1. The topological polar surface area (TPSA) is 55.1 Å². The molecule has 0 spiro atoms. The van der Waals surface area contributed by atoms with E-state index in [0.717, 1.165) is 11.3 Å². The number of nitrogens with zero attached hydrogens (tertiary/aromatic N) is 1. The summed E-state index contributed by atoms with van der Waals surface area (Å²) in [5, 5.41) is 2.99. The fourth-order valence-electron chi connectivity index (χ4n) is 2.29. The Morgan fingerprint density at radius 2 is 1.88 bits per heavy atom. The first-order chi connectivity index (χ1) is 11.7. The van der Waals surface area contributed by atoms with Crippen molar-refractivity contribution in [1.82, 2.24) is 10.3 Å². The van der Waals surface area contributed by atoms with Crippen molar-refractivity contribution in [1.29, 1.82) is 0 Å². The van der Waals surface area contributed by atoms with Crippen molar-refractivity contribution >= 4 is 27.9 Å². The van der Waals surface area contributed by atoms with Crippen LogP contribution in [0, 0.1) is 0 Å². The van der Waals surface area contributed by atoms with E-state index in [1.807, 2.05) is 48.5 Å². The van der Waals surface area contributed by atoms with Crippen molar-refractivity contribution in [2.75, 3.05) is 0 Å². The highest BCUT2D eigenvalue weighted by molar-refractivity contribution is 9.10. The highest BCUT2D eigenvalue weighted by Gasteiger charge is 2.16. The first kappa shape index (κ1) is 16.2. The second kappa shape index (κ2) is 7.75. The minimum atomic E-state index is -0.312. The molecule has 3 aromatic rings. The van der Waals surface area contributed by atoms with Crippen LogP contribution in [0.5, 0.6) is 0 Å². The average Bonchev–Trinajstić information content (AvgIpc) is 3.05. The van der Waals surface area contributed by atoms with Gasteiger partial charge in [0.05, 0.1) is 11.7 Å². The van der Waals surface area contributed by atoms with Gasteiger partial charge in [0.2, 0.25) is 5.91 Å². The van der Waals surface area contributed by atoms with Crippen LogP contribution in [0.1, 0.15) is 23.1 Å². The van der Waals surface area contributed by atoms with Crippen LogP contribution in [0.15, 0.2) is 82.0 Å². The monoisotopic (exact) mass is 382 g/mol. The molecule has 0 aliphatic rings.